The van der Waals surface area contributed by atoms with Crippen molar-refractivity contribution in [3.63, 3.8) is 0 Å². The highest BCUT2D eigenvalue weighted by Crippen LogP contribution is 2.26. The van der Waals surface area contributed by atoms with E-state index in [0.717, 1.165) is 24.4 Å². The van der Waals surface area contributed by atoms with Crippen LogP contribution in [0.4, 0.5) is 0 Å². The topological polar surface area (TPSA) is 18.5 Å². The summed E-state index contributed by atoms with van der Waals surface area (Å²) in [6.45, 7) is 0. The lowest BCUT2D eigenvalue weighted by Crippen LogP contribution is -1.92. The largest absolute Gasteiger partial charge is 0.501 e. The molecule has 0 amide bonds. The molecular formula is C14H16O2. The minimum atomic E-state index is 0.816. The first-order valence-electron chi connectivity index (χ1n) is 5.39. The van der Waals surface area contributed by atoms with Gasteiger partial charge in [-0.25, -0.2) is 0 Å². The number of ether oxygens (including phenoxy) is 2. The second-order valence-corrected chi connectivity index (χ2v) is 3.77. The quantitative estimate of drug-likeness (QED) is 0.705. The number of rotatable bonds is 2. The summed E-state index contributed by atoms with van der Waals surface area (Å²) in [4.78, 5) is 0. The molecule has 0 heterocycles. The van der Waals surface area contributed by atoms with E-state index in [1.54, 1.807) is 14.2 Å². The predicted octanol–water partition coefficient (Wildman–Crippen LogP) is 3.26. The van der Waals surface area contributed by atoms with E-state index in [9.17, 15) is 0 Å². The molecular weight excluding hydrogens is 200 g/mol. The maximum absolute atomic E-state index is 5.32. The van der Waals surface area contributed by atoms with Crippen molar-refractivity contribution in [2.45, 2.75) is 12.8 Å². The summed E-state index contributed by atoms with van der Waals surface area (Å²) in [5.41, 5.74) is 2.47. The van der Waals surface area contributed by atoms with Gasteiger partial charge in [0.1, 0.15) is 0 Å². The van der Waals surface area contributed by atoms with Gasteiger partial charge in [0.05, 0.1) is 25.7 Å². The van der Waals surface area contributed by atoms with Crippen LogP contribution >= 0.6 is 0 Å². The molecule has 2 heteroatoms. The molecule has 84 valence electrons. The summed E-state index contributed by atoms with van der Waals surface area (Å²) in [5, 5.41) is 0. The second kappa shape index (κ2) is 4.88. The molecule has 0 radical (unpaired) electrons. The van der Waals surface area contributed by atoms with Crippen LogP contribution in [0.15, 0.2) is 59.1 Å². The maximum Gasteiger partial charge on any atom is 0.0999 e. The van der Waals surface area contributed by atoms with E-state index >= 15 is 0 Å². The van der Waals surface area contributed by atoms with Crippen molar-refractivity contribution < 1.29 is 9.47 Å². The minimum Gasteiger partial charge on any atom is -0.501 e. The molecule has 0 bridgehead atoms. The fraction of sp³-hybridized carbons (Fsp3) is 0.286. The van der Waals surface area contributed by atoms with Gasteiger partial charge in [0.25, 0.3) is 0 Å². The molecule has 0 saturated carbocycles. The minimum absolute atomic E-state index is 0.816. The summed E-state index contributed by atoms with van der Waals surface area (Å²) < 4.78 is 10.6. The Hall–Kier alpha value is -1.70. The fourth-order valence-electron chi connectivity index (χ4n) is 1.85. The first-order chi connectivity index (χ1) is 7.83. The first-order valence-corrected chi connectivity index (χ1v) is 5.39. The van der Waals surface area contributed by atoms with Crippen molar-refractivity contribution >= 4 is 0 Å². The maximum atomic E-state index is 5.32. The van der Waals surface area contributed by atoms with Gasteiger partial charge in [0, 0.05) is 12.8 Å². The monoisotopic (exact) mass is 216 g/mol. The Labute approximate surface area is 96.3 Å². The van der Waals surface area contributed by atoms with Gasteiger partial charge in [-0.15, -0.1) is 0 Å². The van der Waals surface area contributed by atoms with Gasteiger partial charge < -0.3 is 9.47 Å². The Morgan fingerprint density at radius 2 is 1.88 bits per heavy atom. The normalized spacial score (nSPS) is 19.4. The molecule has 2 rings (SSSR count). The summed E-state index contributed by atoms with van der Waals surface area (Å²) >= 11 is 0. The van der Waals surface area contributed by atoms with E-state index in [1.165, 1.54) is 11.1 Å². The van der Waals surface area contributed by atoms with Crippen molar-refractivity contribution in [2.24, 2.45) is 0 Å². The van der Waals surface area contributed by atoms with Crippen LogP contribution in [0.1, 0.15) is 12.8 Å². The molecule has 0 unspecified atom stereocenters. The van der Waals surface area contributed by atoms with E-state index in [0.29, 0.717) is 0 Å². The lowest BCUT2D eigenvalue weighted by atomic mass is 10.1. The van der Waals surface area contributed by atoms with Gasteiger partial charge in [-0.05, 0) is 23.3 Å². The highest BCUT2D eigenvalue weighted by molar-refractivity contribution is 5.47. The lowest BCUT2D eigenvalue weighted by Gasteiger charge is -2.08. The van der Waals surface area contributed by atoms with Crippen LogP contribution in [0.25, 0.3) is 0 Å². The first kappa shape index (κ1) is 10.8. The number of methoxy groups -OCH3 is 2. The highest BCUT2D eigenvalue weighted by Gasteiger charge is 2.10. The van der Waals surface area contributed by atoms with Crippen molar-refractivity contribution in [3.05, 3.63) is 59.1 Å². The van der Waals surface area contributed by atoms with Gasteiger partial charge in [-0.2, -0.15) is 0 Å². The summed E-state index contributed by atoms with van der Waals surface area (Å²) in [6.07, 6.45) is 14.2. The van der Waals surface area contributed by atoms with Gasteiger partial charge in [0.15, 0.2) is 0 Å². The third kappa shape index (κ3) is 2.27. The zero-order chi connectivity index (χ0) is 11.4. The van der Waals surface area contributed by atoms with Crippen LogP contribution in [0.2, 0.25) is 0 Å². The summed E-state index contributed by atoms with van der Waals surface area (Å²) in [5.74, 6) is 1.97. The van der Waals surface area contributed by atoms with Crippen LogP contribution in [0.3, 0.4) is 0 Å². The highest BCUT2D eigenvalue weighted by atomic mass is 16.5. The van der Waals surface area contributed by atoms with Gasteiger partial charge in [0.2, 0.25) is 0 Å². The molecule has 0 fully saturated rings. The Bertz CT molecular complexity index is 420. The molecule has 2 nitrogen and oxygen atoms in total. The molecule has 0 N–H and O–H groups in total. The smallest absolute Gasteiger partial charge is 0.0999 e. The predicted molar refractivity (Wildman–Crippen MR) is 64.7 cm³/mol. The van der Waals surface area contributed by atoms with Crippen LogP contribution < -0.4 is 0 Å². The zero-order valence-electron chi connectivity index (χ0n) is 9.69. The Balaban J connectivity index is 2.36. The number of hydrogen-bond donors (Lipinski definition) is 0. The van der Waals surface area contributed by atoms with Crippen molar-refractivity contribution in [2.75, 3.05) is 14.2 Å². The summed E-state index contributed by atoms with van der Waals surface area (Å²) in [7, 11) is 3.42. The molecule has 0 spiro atoms. The average Bonchev–Trinajstić information content (AvgIpc) is 2.60. The van der Waals surface area contributed by atoms with E-state index in [4.69, 9.17) is 9.47 Å². The molecule has 0 aliphatic heterocycles. The van der Waals surface area contributed by atoms with Gasteiger partial charge in [-0.1, -0.05) is 24.3 Å². The SMILES string of the molecule is COC1=CC2=C(C=CC=C(OC)C2)C=CC1. The van der Waals surface area contributed by atoms with Crippen LogP contribution in [-0.2, 0) is 9.47 Å². The van der Waals surface area contributed by atoms with Gasteiger partial charge in [-0.3, -0.25) is 0 Å². The van der Waals surface area contributed by atoms with Gasteiger partial charge >= 0.3 is 0 Å². The van der Waals surface area contributed by atoms with E-state index in [-0.39, 0.29) is 0 Å². The Morgan fingerprint density at radius 1 is 1.06 bits per heavy atom. The molecule has 0 saturated heterocycles. The average molecular weight is 216 g/mol. The number of hydrogen-bond acceptors (Lipinski definition) is 2. The van der Waals surface area contributed by atoms with E-state index < -0.39 is 0 Å². The van der Waals surface area contributed by atoms with Crippen LogP contribution in [-0.4, -0.2) is 14.2 Å². The van der Waals surface area contributed by atoms with E-state index in [1.807, 2.05) is 12.2 Å². The second-order valence-electron chi connectivity index (χ2n) is 3.77. The van der Waals surface area contributed by atoms with Crippen molar-refractivity contribution in [3.8, 4) is 0 Å². The fourth-order valence-corrected chi connectivity index (χ4v) is 1.85. The summed E-state index contributed by atoms with van der Waals surface area (Å²) in [6, 6.07) is 0. The van der Waals surface area contributed by atoms with Crippen molar-refractivity contribution in [1.82, 2.24) is 0 Å². The molecule has 0 atom stereocenters. The molecule has 2 aliphatic carbocycles. The number of allylic oxidation sites excluding steroid dienone is 8. The van der Waals surface area contributed by atoms with E-state index in [2.05, 4.69) is 24.3 Å². The zero-order valence-corrected chi connectivity index (χ0v) is 9.69. The molecule has 2 aliphatic rings. The Kier molecular flexibility index (Phi) is 3.30. The van der Waals surface area contributed by atoms with Crippen LogP contribution in [0.5, 0.6) is 0 Å². The molecule has 0 aromatic heterocycles. The third-order valence-corrected chi connectivity index (χ3v) is 2.77. The van der Waals surface area contributed by atoms with Crippen LogP contribution in [0, 0.1) is 0 Å². The van der Waals surface area contributed by atoms with Crippen molar-refractivity contribution in [1.29, 1.82) is 0 Å². The molecule has 16 heavy (non-hydrogen) atoms. The lowest BCUT2D eigenvalue weighted by molar-refractivity contribution is 0.280. The third-order valence-electron chi connectivity index (χ3n) is 2.77. The molecule has 0 aromatic rings. The Morgan fingerprint density at radius 3 is 2.62 bits per heavy atom. The molecule has 0 aromatic carbocycles. The standard InChI is InChI=1S/C14H16O2/c1-15-13-7-3-5-11-6-4-8-14(16-2)10-12(11)9-13/h3-7,10H,8-9H2,1-2H3.